The van der Waals surface area contributed by atoms with Crippen LogP contribution in [0.2, 0.25) is 0 Å². The van der Waals surface area contributed by atoms with Crippen molar-refractivity contribution in [3.05, 3.63) is 65.9 Å². The lowest BCUT2D eigenvalue weighted by Crippen LogP contribution is -2.44. The highest BCUT2D eigenvalue weighted by Crippen LogP contribution is 2.19. The number of rotatable bonds is 7. The third-order valence-corrected chi connectivity index (χ3v) is 4.09. The van der Waals surface area contributed by atoms with E-state index >= 15 is 0 Å². The second-order valence-electron chi connectivity index (χ2n) is 6.13. The van der Waals surface area contributed by atoms with Gasteiger partial charge in [-0.2, -0.15) is 0 Å². The fraction of sp³-hybridized carbons (Fsp3) is 0.200. The van der Waals surface area contributed by atoms with E-state index in [9.17, 15) is 14.7 Å². The Bertz CT molecular complexity index is 932. The number of nitrogens with one attached hydrogen (secondary N) is 2. The number of para-hydroxylation sites is 1. The van der Waals surface area contributed by atoms with Gasteiger partial charge in [0.25, 0.3) is 5.91 Å². The molecule has 3 N–H and O–H groups in total. The fourth-order valence-electron chi connectivity index (χ4n) is 2.81. The molecule has 3 aromatic rings. The monoisotopic (exact) mass is 352 g/mol. The average Bonchev–Trinajstić information content (AvgIpc) is 3.02. The smallest absolute Gasteiger partial charge is 0.326 e. The first kappa shape index (κ1) is 17.5. The molecule has 0 spiro atoms. The van der Waals surface area contributed by atoms with Gasteiger partial charge in [0.15, 0.2) is 6.61 Å². The van der Waals surface area contributed by atoms with Crippen molar-refractivity contribution in [2.75, 3.05) is 6.61 Å². The Kier molecular flexibility index (Phi) is 5.22. The summed E-state index contributed by atoms with van der Waals surface area (Å²) in [5.74, 6) is -0.985. The second-order valence-corrected chi connectivity index (χ2v) is 6.13. The van der Waals surface area contributed by atoms with Crippen LogP contribution in [0.1, 0.15) is 11.1 Å². The molecule has 134 valence electrons. The number of hydrogen-bond donors (Lipinski definition) is 3. The predicted octanol–water partition coefficient (Wildman–Crippen LogP) is 2.67. The summed E-state index contributed by atoms with van der Waals surface area (Å²) in [5, 5.41) is 12.9. The van der Waals surface area contributed by atoms with E-state index in [4.69, 9.17) is 4.74 Å². The third kappa shape index (κ3) is 4.22. The zero-order valence-electron chi connectivity index (χ0n) is 14.4. The Morgan fingerprint density at radius 2 is 2.00 bits per heavy atom. The number of H-pyrrole nitrogens is 1. The molecule has 0 unspecified atom stereocenters. The topological polar surface area (TPSA) is 91.4 Å². The number of carbonyl (C=O) groups is 2. The molecular formula is C20H20N2O4. The molecule has 0 fully saturated rings. The minimum absolute atomic E-state index is 0.190. The highest BCUT2D eigenvalue weighted by atomic mass is 16.5. The molecule has 1 amide bonds. The number of hydrogen-bond acceptors (Lipinski definition) is 3. The molecule has 1 atom stereocenters. The van der Waals surface area contributed by atoms with Gasteiger partial charge in [0.1, 0.15) is 11.8 Å². The molecule has 0 radical (unpaired) electrons. The lowest BCUT2D eigenvalue weighted by atomic mass is 10.1. The van der Waals surface area contributed by atoms with E-state index < -0.39 is 17.9 Å². The number of benzene rings is 2. The van der Waals surface area contributed by atoms with Crippen molar-refractivity contribution in [3.63, 3.8) is 0 Å². The quantitative estimate of drug-likeness (QED) is 0.610. The van der Waals surface area contributed by atoms with Crippen LogP contribution in [-0.4, -0.2) is 34.6 Å². The van der Waals surface area contributed by atoms with Crippen LogP contribution in [0.25, 0.3) is 10.9 Å². The number of amides is 1. The average molecular weight is 352 g/mol. The van der Waals surface area contributed by atoms with E-state index in [0.29, 0.717) is 5.75 Å². The SMILES string of the molecule is Cc1cccc(OCC(=O)N[C@H](Cc2c[nH]c3ccccc23)C(=O)O)c1. The maximum atomic E-state index is 12.1. The van der Waals surface area contributed by atoms with Gasteiger partial charge in [-0.1, -0.05) is 30.3 Å². The van der Waals surface area contributed by atoms with Gasteiger partial charge in [-0.25, -0.2) is 4.79 Å². The van der Waals surface area contributed by atoms with E-state index in [1.165, 1.54) is 0 Å². The maximum Gasteiger partial charge on any atom is 0.326 e. The Morgan fingerprint density at radius 3 is 2.77 bits per heavy atom. The second kappa shape index (κ2) is 7.74. The van der Waals surface area contributed by atoms with Crippen LogP contribution >= 0.6 is 0 Å². The molecule has 0 aliphatic heterocycles. The van der Waals surface area contributed by atoms with Crippen LogP contribution < -0.4 is 10.1 Å². The molecule has 0 aliphatic carbocycles. The zero-order chi connectivity index (χ0) is 18.5. The summed E-state index contributed by atoms with van der Waals surface area (Å²) in [6.45, 7) is 1.69. The van der Waals surface area contributed by atoms with Crippen LogP contribution in [0.4, 0.5) is 0 Å². The van der Waals surface area contributed by atoms with E-state index in [1.807, 2.05) is 49.4 Å². The zero-order valence-corrected chi connectivity index (χ0v) is 14.4. The Balaban J connectivity index is 1.63. The largest absolute Gasteiger partial charge is 0.484 e. The van der Waals surface area contributed by atoms with Crippen molar-refractivity contribution in [2.24, 2.45) is 0 Å². The number of aliphatic carboxylic acids is 1. The number of carboxylic acids is 1. The van der Waals surface area contributed by atoms with E-state index in [-0.39, 0.29) is 13.0 Å². The minimum atomic E-state index is -1.08. The molecular weight excluding hydrogens is 332 g/mol. The van der Waals surface area contributed by atoms with E-state index in [1.54, 1.807) is 12.3 Å². The van der Waals surface area contributed by atoms with Crippen LogP contribution in [0.3, 0.4) is 0 Å². The first-order valence-corrected chi connectivity index (χ1v) is 8.29. The summed E-state index contributed by atoms with van der Waals surface area (Å²) in [6.07, 6.45) is 1.96. The van der Waals surface area contributed by atoms with Crippen LogP contribution in [0, 0.1) is 6.92 Å². The summed E-state index contributed by atoms with van der Waals surface area (Å²) in [6, 6.07) is 13.9. The van der Waals surface area contributed by atoms with E-state index in [2.05, 4.69) is 10.3 Å². The lowest BCUT2D eigenvalue weighted by Gasteiger charge is -2.15. The third-order valence-electron chi connectivity index (χ3n) is 4.09. The highest BCUT2D eigenvalue weighted by Gasteiger charge is 2.22. The number of aryl methyl sites for hydroxylation is 1. The molecule has 0 aliphatic rings. The minimum Gasteiger partial charge on any atom is -0.484 e. The van der Waals surface area contributed by atoms with Gasteiger partial charge in [-0.3, -0.25) is 4.79 Å². The number of fused-ring (bicyclic) bond motifs is 1. The summed E-state index contributed by atoms with van der Waals surface area (Å²) in [4.78, 5) is 26.8. The number of aromatic nitrogens is 1. The summed E-state index contributed by atoms with van der Waals surface area (Å²) >= 11 is 0. The summed E-state index contributed by atoms with van der Waals surface area (Å²) in [5.41, 5.74) is 2.79. The predicted molar refractivity (Wildman–Crippen MR) is 98.2 cm³/mol. The number of aromatic amines is 1. The van der Waals surface area contributed by atoms with Crippen LogP contribution in [0.15, 0.2) is 54.7 Å². The van der Waals surface area contributed by atoms with Gasteiger partial charge >= 0.3 is 5.97 Å². The van der Waals surface area contributed by atoms with Gasteiger partial charge < -0.3 is 20.1 Å². The van der Waals surface area contributed by atoms with Crippen molar-refractivity contribution < 1.29 is 19.4 Å². The molecule has 6 nitrogen and oxygen atoms in total. The van der Waals surface area contributed by atoms with Crippen molar-refractivity contribution in [2.45, 2.75) is 19.4 Å². The van der Waals surface area contributed by atoms with Gasteiger partial charge in [0.05, 0.1) is 0 Å². The number of ether oxygens (including phenoxy) is 1. The first-order chi connectivity index (χ1) is 12.5. The van der Waals surface area contributed by atoms with Crippen LogP contribution in [0.5, 0.6) is 5.75 Å². The molecule has 26 heavy (non-hydrogen) atoms. The van der Waals surface area contributed by atoms with Crippen molar-refractivity contribution in [3.8, 4) is 5.75 Å². The molecule has 2 aromatic carbocycles. The maximum absolute atomic E-state index is 12.1. The molecule has 1 heterocycles. The van der Waals surface area contributed by atoms with Crippen LogP contribution in [-0.2, 0) is 16.0 Å². The van der Waals surface area contributed by atoms with E-state index in [0.717, 1.165) is 22.0 Å². The Morgan fingerprint density at radius 1 is 1.19 bits per heavy atom. The molecule has 0 bridgehead atoms. The Hall–Kier alpha value is -3.28. The summed E-state index contributed by atoms with van der Waals surface area (Å²) < 4.78 is 5.42. The van der Waals surface area contributed by atoms with Gasteiger partial charge in [-0.15, -0.1) is 0 Å². The van der Waals surface area contributed by atoms with Gasteiger partial charge in [0.2, 0.25) is 0 Å². The molecule has 0 saturated carbocycles. The van der Waals surface area contributed by atoms with Gasteiger partial charge in [0, 0.05) is 23.5 Å². The van der Waals surface area contributed by atoms with Crippen molar-refractivity contribution in [1.82, 2.24) is 10.3 Å². The lowest BCUT2D eigenvalue weighted by molar-refractivity contribution is -0.142. The Labute approximate surface area is 150 Å². The molecule has 3 rings (SSSR count). The van der Waals surface area contributed by atoms with Gasteiger partial charge in [-0.05, 0) is 36.2 Å². The highest BCUT2D eigenvalue weighted by molar-refractivity contribution is 5.87. The standard InChI is InChI=1S/C20H20N2O4/c1-13-5-4-6-15(9-13)26-12-19(23)22-18(20(24)25)10-14-11-21-17-8-3-2-7-16(14)17/h2-9,11,18,21H,10,12H2,1H3,(H,22,23)(H,24,25)/t18-/m1/s1. The molecule has 0 saturated heterocycles. The van der Waals surface area contributed by atoms with Crippen molar-refractivity contribution >= 4 is 22.8 Å². The number of carboxylic acid groups (broad SMARTS) is 1. The first-order valence-electron chi connectivity index (χ1n) is 8.29. The fourth-order valence-corrected chi connectivity index (χ4v) is 2.81. The number of carbonyl (C=O) groups excluding carboxylic acids is 1. The molecule has 1 aromatic heterocycles. The normalized spacial score (nSPS) is 11.9. The molecule has 6 heteroatoms. The summed E-state index contributed by atoms with van der Waals surface area (Å²) in [7, 11) is 0. The van der Waals surface area contributed by atoms with Crippen molar-refractivity contribution in [1.29, 1.82) is 0 Å².